The number of carbonyl (C=O) groups excluding carboxylic acids is 2. The molecule has 0 aliphatic carbocycles. The first-order valence-corrected chi connectivity index (χ1v) is 12.5. The normalized spacial score (nSPS) is 17.6. The lowest BCUT2D eigenvalue weighted by Crippen LogP contribution is -2.47. The molecule has 0 spiro atoms. The first-order chi connectivity index (χ1) is 16.8. The van der Waals surface area contributed by atoms with Crippen LogP contribution in [0.4, 0.5) is 5.69 Å². The van der Waals surface area contributed by atoms with E-state index in [0.717, 1.165) is 21.4 Å². The van der Waals surface area contributed by atoms with E-state index in [4.69, 9.17) is 4.42 Å². The first kappa shape index (κ1) is 23.1. The van der Waals surface area contributed by atoms with Crippen LogP contribution in [-0.4, -0.2) is 23.3 Å². The zero-order valence-electron chi connectivity index (χ0n) is 19.8. The molecule has 3 heterocycles. The molecular weight excluding hydrogens is 460 g/mol. The third-order valence-corrected chi connectivity index (χ3v) is 7.28. The molecule has 5 rings (SSSR count). The predicted octanol–water partition coefficient (Wildman–Crippen LogP) is 5.74. The van der Waals surface area contributed by atoms with E-state index < -0.39 is 17.6 Å². The van der Waals surface area contributed by atoms with Crippen LogP contribution < -0.4 is 10.9 Å². The standard InChI is InChI=1S/C28H26N2O4S/c1-16(2)15-30-26(23-9-6-12-35-23)25(20-7-4-5-8-21(20)28(30)33)27(32)29-18-10-11-19-17(3)13-24(31)34-22(19)14-18/h4-14,16,25-26H,15H2,1-3H3,(H,29,32)/t25-,26+/m0/s1. The maximum atomic E-state index is 13.9. The lowest BCUT2D eigenvalue weighted by molar-refractivity contribution is -0.119. The molecule has 6 nitrogen and oxygen atoms in total. The lowest BCUT2D eigenvalue weighted by Gasteiger charge is -2.42. The van der Waals surface area contributed by atoms with Crippen molar-refractivity contribution in [3.05, 3.63) is 98.0 Å². The van der Waals surface area contributed by atoms with Gasteiger partial charge in [-0.1, -0.05) is 38.1 Å². The van der Waals surface area contributed by atoms with Crippen molar-refractivity contribution in [3.63, 3.8) is 0 Å². The Balaban J connectivity index is 1.59. The molecule has 0 fully saturated rings. The highest BCUT2D eigenvalue weighted by atomic mass is 32.1. The number of nitrogens with zero attached hydrogens (tertiary/aromatic N) is 1. The van der Waals surface area contributed by atoms with E-state index in [2.05, 4.69) is 19.2 Å². The summed E-state index contributed by atoms with van der Waals surface area (Å²) in [5, 5.41) is 5.81. The number of hydrogen-bond acceptors (Lipinski definition) is 5. The SMILES string of the molecule is Cc1cc(=O)oc2cc(NC(=O)[C@H]3c4ccccc4C(=O)N(CC(C)C)[C@@H]3c3cccs3)ccc12. The van der Waals surface area contributed by atoms with Crippen LogP contribution in [0.2, 0.25) is 0 Å². The Labute approximate surface area is 207 Å². The maximum Gasteiger partial charge on any atom is 0.336 e. The first-order valence-electron chi connectivity index (χ1n) is 11.6. The number of amides is 2. The van der Waals surface area contributed by atoms with Crippen molar-refractivity contribution in [2.75, 3.05) is 11.9 Å². The number of benzene rings is 2. The molecule has 0 radical (unpaired) electrons. The van der Waals surface area contributed by atoms with Gasteiger partial charge < -0.3 is 14.6 Å². The molecule has 2 aromatic carbocycles. The third-order valence-electron chi connectivity index (χ3n) is 6.34. The molecule has 0 unspecified atom stereocenters. The topological polar surface area (TPSA) is 79.6 Å². The largest absolute Gasteiger partial charge is 0.423 e. The number of anilines is 1. The second-order valence-electron chi connectivity index (χ2n) is 9.33. The number of carbonyl (C=O) groups is 2. The molecule has 2 aromatic heterocycles. The van der Waals surface area contributed by atoms with E-state index in [1.165, 1.54) is 6.07 Å². The zero-order chi connectivity index (χ0) is 24.7. The molecule has 0 saturated heterocycles. The summed E-state index contributed by atoms with van der Waals surface area (Å²) in [6.07, 6.45) is 0. The van der Waals surface area contributed by atoms with Gasteiger partial charge in [0.05, 0.1) is 12.0 Å². The summed E-state index contributed by atoms with van der Waals surface area (Å²) < 4.78 is 5.36. The molecule has 1 aliphatic rings. The minimum Gasteiger partial charge on any atom is -0.423 e. The molecule has 1 N–H and O–H groups in total. The van der Waals surface area contributed by atoms with E-state index in [1.807, 2.05) is 53.6 Å². The van der Waals surface area contributed by atoms with Gasteiger partial charge in [-0.25, -0.2) is 4.79 Å². The molecule has 0 saturated carbocycles. The quantitative estimate of drug-likeness (QED) is 0.365. The van der Waals surface area contributed by atoms with Gasteiger partial charge in [-0.05, 0) is 53.6 Å². The van der Waals surface area contributed by atoms with Gasteiger partial charge in [0.15, 0.2) is 0 Å². The van der Waals surface area contributed by atoms with Crippen molar-refractivity contribution in [1.29, 1.82) is 0 Å². The van der Waals surface area contributed by atoms with E-state index in [-0.39, 0.29) is 17.7 Å². The van der Waals surface area contributed by atoms with Gasteiger partial charge in [0, 0.05) is 40.2 Å². The van der Waals surface area contributed by atoms with E-state index in [0.29, 0.717) is 23.4 Å². The summed E-state index contributed by atoms with van der Waals surface area (Å²) in [7, 11) is 0. The fraction of sp³-hybridized carbons (Fsp3) is 0.250. The third kappa shape index (κ3) is 4.28. The van der Waals surface area contributed by atoms with Crippen molar-refractivity contribution in [1.82, 2.24) is 4.90 Å². The zero-order valence-corrected chi connectivity index (χ0v) is 20.6. The van der Waals surface area contributed by atoms with Gasteiger partial charge in [-0.2, -0.15) is 0 Å². The summed E-state index contributed by atoms with van der Waals surface area (Å²) in [5.41, 5.74) is 2.61. The van der Waals surface area contributed by atoms with Crippen molar-refractivity contribution in [3.8, 4) is 0 Å². The van der Waals surface area contributed by atoms with E-state index >= 15 is 0 Å². The highest BCUT2D eigenvalue weighted by Gasteiger charge is 2.44. The van der Waals surface area contributed by atoms with Crippen molar-refractivity contribution in [2.24, 2.45) is 5.92 Å². The Morgan fingerprint density at radius 3 is 2.63 bits per heavy atom. The number of fused-ring (bicyclic) bond motifs is 2. The number of aryl methyl sites for hydroxylation is 1. The maximum absolute atomic E-state index is 13.9. The molecule has 178 valence electrons. The van der Waals surface area contributed by atoms with Gasteiger partial charge in [0.2, 0.25) is 5.91 Å². The average Bonchev–Trinajstić information content (AvgIpc) is 3.34. The summed E-state index contributed by atoms with van der Waals surface area (Å²) in [5.74, 6) is -0.630. The van der Waals surface area contributed by atoms with Gasteiger partial charge in [0.25, 0.3) is 5.91 Å². The van der Waals surface area contributed by atoms with Crippen LogP contribution in [0.5, 0.6) is 0 Å². The molecule has 35 heavy (non-hydrogen) atoms. The second kappa shape index (κ2) is 9.15. The minimum absolute atomic E-state index is 0.0558. The van der Waals surface area contributed by atoms with Crippen LogP contribution in [0.3, 0.4) is 0 Å². The summed E-state index contributed by atoms with van der Waals surface area (Å²) in [6.45, 7) is 6.53. The Kier molecular flexibility index (Phi) is 6.03. The van der Waals surface area contributed by atoms with Gasteiger partial charge >= 0.3 is 5.63 Å². The van der Waals surface area contributed by atoms with Crippen LogP contribution in [0, 0.1) is 12.8 Å². The van der Waals surface area contributed by atoms with E-state index in [1.54, 1.807) is 29.5 Å². The number of thiophene rings is 1. The van der Waals surface area contributed by atoms with E-state index in [9.17, 15) is 14.4 Å². The molecule has 2 amide bonds. The van der Waals surface area contributed by atoms with Crippen molar-refractivity contribution in [2.45, 2.75) is 32.7 Å². The number of rotatable bonds is 5. The van der Waals surface area contributed by atoms with Crippen LogP contribution in [0.25, 0.3) is 11.0 Å². The highest BCUT2D eigenvalue weighted by Crippen LogP contribution is 2.45. The van der Waals surface area contributed by atoms with Crippen LogP contribution >= 0.6 is 11.3 Å². The fourth-order valence-electron chi connectivity index (χ4n) is 4.87. The Bertz CT molecular complexity index is 1470. The summed E-state index contributed by atoms with van der Waals surface area (Å²) in [6, 6.07) is 17.6. The molecule has 2 atom stereocenters. The second-order valence-corrected chi connectivity index (χ2v) is 10.3. The monoisotopic (exact) mass is 486 g/mol. The van der Waals surface area contributed by atoms with Gasteiger partial charge in [0.1, 0.15) is 5.58 Å². The van der Waals surface area contributed by atoms with Crippen LogP contribution in [0.1, 0.15) is 52.2 Å². The highest BCUT2D eigenvalue weighted by molar-refractivity contribution is 7.10. The molecule has 0 bridgehead atoms. The lowest BCUT2D eigenvalue weighted by atomic mass is 9.81. The fourth-order valence-corrected chi connectivity index (χ4v) is 5.74. The Hall–Kier alpha value is -3.71. The average molecular weight is 487 g/mol. The van der Waals surface area contributed by atoms with Crippen molar-refractivity contribution < 1.29 is 14.0 Å². The smallest absolute Gasteiger partial charge is 0.336 e. The molecule has 7 heteroatoms. The van der Waals surface area contributed by atoms with Gasteiger partial charge in [-0.3, -0.25) is 9.59 Å². The Morgan fingerprint density at radius 1 is 1.09 bits per heavy atom. The summed E-state index contributed by atoms with van der Waals surface area (Å²) in [4.78, 5) is 42.1. The predicted molar refractivity (Wildman–Crippen MR) is 138 cm³/mol. The van der Waals surface area contributed by atoms with Crippen LogP contribution in [0.15, 0.2) is 75.3 Å². The van der Waals surface area contributed by atoms with Crippen LogP contribution in [-0.2, 0) is 4.79 Å². The molecular formula is C28H26N2O4S. The van der Waals surface area contributed by atoms with Gasteiger partial charge in [-0.15, -0.1) is 11.3 Å². The molecule has 4 aromatic rings. The Morgan fingerprint density at radius 2 is 1.89 bits per heavy atom. The number of nitrogens with one attached hydrogen (secondary N) is 1. The minimum atomic E-state index is -0.596. The summed E-state index contributed by atoms with van der Waals surface area (Å²) >= 11 is 1.55. The van der Waals surface area contributed by atoms with Crippen molar-refractivity contribution >= 4 is 39.8 Å². The number of hydrogen-bond donors (Lipinski definition) is 1. The molecule has 1 aliphatic heterocycles.